The average Bonchev–Trinajstić information content (AvgIpc) is 2.43. The van der Waals surface area contributed by atoms with Crippen LogP contribution in [0.4, 0.5) is 5.69 Å². The van der Waals surface area contributed by atoms with Gasteiger partial charge < -0.3 is 10.6 Å². The van der Waals surface area contributed by atoms with Gasteiger partial charge in [0.15, 0.2) is 0 Å². The quantitative estimate of drug-likeness (QED) is 0.883. The molecule has 1 aromatic carbocycles. The summed E-state index contributed by atoms with van der Waals surface area (Å²) >= 11 is 0. The van der Waals surface area contributed by atoms with E-state index < -0.39 is 0 Å². The van der Waals surface area contributed by atoms with E-state index in [0.29, 0.717) is 17.9 Å². The Morgan fingerprint density at radius 3 is 2.75 bits per heavy atom. The Morgan fingerprint density at radius 1 is 1.35 bits per heavy atom. The molecule has 1 amide bonds. The Bertz CT molecular complexity index is 470. The third-order valence-electron chi connectivity index (χ3n) is 4.38. The Morgan fingerprint density at radius 2 is 2.05 bits per heavy atom. The van der Waals surface area contributed by atoms with E-state index in [1.54, 1.807) is 0 Å². The summed E-state index contributed by atoms with van der Waals surface area (Å²) in [5.74, 6) is 1.24. The molecule has 3 nitrogen and oxygen atoms in total. The zero-order chi connectivity index (χ0) is 14.7. The summed E-state index contributed by atoms with van der Waals surface area (Å²) in [6.45, 7) is 9.46. The van der Waals surface area contributed by atoms with Gasteiger partial charge in [-0.2, -0.15) is 0 Å². The molecule has 0 fully saturated rings. The van der Waals surface area contributed by atoms with Gasteiger partial charge in [-0.3, -0.25) is 4.79 Å². The molecule has 2 N–H and O–H groups in total. The Kier molecular flexibility index (Phi) is 4.69. The number of hydrogen-bond acceptors (Lipinski definition) is 2. The molecule has 3 unspecified atom stereocenters. The lowest BCUT2D eigenvalue weighted by atomic mass is 9.86. The number of carbonyl (C=O) groups is 1. The van der Waals surface area contributed by atoms with Crippen LogP contribution in [0.25, 0.3) is 0 Å². The molecule has 0 spiro atoms. The van der Waals surface area contributed by atoms with Crippen LogP contribution in [0.3, 0.4) is 0 Å². The molecule has 3 atom stereocenters. The minimum Gasteiger partial charge on any atom is -0.382 e. The largest absolute Gasteiger partial charge is 0.382 e. The van der Waals surface area contributed by atoms with E-state index in [2.05, 4.69) is 50.5 Å². The van der Waals surface area contributed by atoms with Crippen LogP contribution in [0.1, 0.15) is 45.6 Å². The summed E-state index contributed by atoms with van der Waals surface area (Å²) in [4.78, 5) is 12.5. The average molecular weight is 274 g/mol. The number of carbonyl (C=O) groups excluding carboxylic acids is 1. The Hall–Kier alpha value is -1.51. The summed E-state index contributed by atoms with van der Waals surface area (Å²) in [6.07, 6.45) is 0.860. The zero-order valence-corrected chi connectivity index (χ0v) is 12.9. The van der Waals surface area contributed by atoms with Gasteiger partial charge in [0.25, 0.3) is 0 Å². The van der Waals surface area contributed by atoms with Crippen molar-refractivity contribution < 1.29 is 4.79 Å². The Labute approximate surface area is 122 Å². The van der Waals surface area contributed by atoms with Crippen molar-refractivity contribution in [3.05, 3.63) is 29.8 Å². The van der Waals surface area contributed by atoms with E-state index in [4.69, 9.17) is 0 Å². The van der Waals surface area contributed by atoms with Gasteiger partial charge in [0, 0.05) is 18.3 Å². The third kappa shape index (κ3) is 3.33. The molecule has 0 saturated carbocycles. The predicted octanol–water partition coefficient (Wildman–Crippen LogP) is 3.38. The second-order valence-electron chi connectivity index (χ2n) is 6.39. The van der Waals surface area contributed by atoms with Gasteiger partial charge >= 0.3 is 0 Å². The Balaban J connectivity index is 2.07. The van der Waals surface area contributed by atoms with Gasteiger partial charge in [0.1, 0.15) is 0 Å². The standard InChI is InChI=1S/C17H26N2O/c1-11(2)12(3)10-18-17(20)15-9-13(4)19-16-8-6-5-7-14(15)16/h5-8,11-13,15,19H,9-10H2,1-4H3,(H,18,20). The smallest absolute Gasteiger partial charge is 0.227 e. The minimum absolute atomic E-state index is 0.0261. The number of hydrogen-bond donors (Lipinski definition) is 2. The van der Waals surface area contributed by atoms with E-state index in [1.807, 2.05) is 12.1 Å². The van der Waals surface area contributed by atoms with Crippen molar-refractivity contribution in [3.8, 4) is 0 Å². The van der Waals surface area contributed by atoms with Crippen molar-refractivity contribution in [1.82, 2.24) is 5.32 Å². The van der Waals surface area contributed by atoms with Crippen molar-refractivity contribution in [2.75, 3.05) is 11.9 Å². The molecule has 2 rings (SSSR count). The number of amides is 1. The molecule has 0 radical (unpaired) electrons. The van der Waals surface area contributed by atoms with Crippen LogP contribution in [0.15, 0.2) is 24.3 Å². The summed E-state index contributed by atoms with van der Waals surface area (Å²) in [6, 6.07) is 8.47. The van der Waals surface area contributed by atoms with E-state index in [-0.39, 0.29) is 11.8 Å². The van der Waals surface area contributed by atoms with Crippen LogP contribution in [-0.4, -0.2) is 18.5 Å². The van der Waals surface area contributed by atoms with Crippen molar-refractivity contribution in [1.29, 1.82) is 0 Å². The molecule has 0 aromatic heterocycles. The fourth-order valence-corrected chi connectivity index (χ4v) is 2.61. The van der Waals surface area contributed by atoms with Crippen LogP contribution in [-0.2, 0) is 4.79 Å². The van der Waals surface area contributed by atoms with Crippen LogP contribution >= 0.6 is 0 Å². The lowest BCUT2D eigenvalue weighted by Gasteiger charge is -2.31. The van der Waals surface area contributed by atoms with Crippen molar-refractivity contribution in [2.24, 2.45) is 11.8 Å². The summed E-state index contributed by atoms with van der Waals surface area (Å²) in [7, 11) is 0. The highest BCUT2D eigenvalue weighted by Gasteiger charge is 2.29. The van der Waals surface area contributed by atoms with Crippen LogP contribution in [0, 0.1) is 11.8 Å². The monoisotopic (exact) mass is 274 g/mol. The number of benzene rings is 1. The second-order valence-corrected chi connectivity index (χ2v) is 6.39. The molecule has 3 heteroatoms. The molecule has 1 aromatic rings. The highest BCUT2D eigenvalue weighted by Crippen LogP contribution is 2.34. The molecular formula is C17H26N2O. The van der Waals surface area contributed by atoms with Crippen molar-refractivity contribution in [2.45, 2.75) is 46.1 Å². The molecule has 1 aliphatic heterocycles. The van der Waals surface area contributed by atoms with Gasteiger partial charge in [-0.15, -0.1) is 0 Å². The molecule has 0 saturated heterocycles. The van der Waals surface area contributed by atoms with E-state index in [0.717, 1.165) is 24.2 Å². The maximum absolute atomic E-state index is 12.5. The number of rotatable bonds is 4. The van der Waals surface area contributed by atoms with Gasteiger partial charge in [0.2, 0.25) is 5.91 Å². The topological polar surface area (TPSA) is 41.1 Å². The molecular weight excluding hydrogens is 248 g/mol. The first kappa shape index (κ1) is 14.9. The molecule has 20 heavy (non-hydrogen) atoms. The summed E-state index contributed by atoms with van der Waals surface area (Å²) < 4.78 is 0. The maximum atomic E-state index is 12.5. The SMILES string of the molecule is CC1CC(C(=O)NCC(C)C(C)C)c2ccccc2N1. The lowest BCUT2D eigenvalue weighted by molar-refractivity contribution is -0.123. The van der Waals surface area contributed by atoms with E-state index in [1.165, 1.54) is 0 Å². The van der Waals surface area contributed by atoms with E-state index >= 15 is 0 Å². The molecule has 1 heterocycles. The second kappa shape index (κ2) is 6.29. The summed E-state index contributed by atoms with van der Waals surface area (Å²) in [5.41, 5.74) is 2.23. The van der Waals surface area contributed by atoms with Crippen molar-refractivity contribution in [3.63, 3.8) is 0 Å². The fourth-order valence-electron chi connectivity index (χ4n) is 2.61. The highest BCUT2D eigenvalue weighted by atomic mass is 16.1. The van der Waals surface area contributed by atoms with Crippen molar-refractivity contribution >= 4 is 11.6 Å². The fraction of sp³-hybridized carbons (Fsp3) is 0.588. The van der Waals surface area contributed by atoms with Gasteiger partial charge in [-0.05, 0) is 36.8 Å². The molecule has 0 aliphatic carbocycles. The van der Waals surface area contributed by atoms with E-state index in [9.17, 15) is 4.79 Å². The highest BCUT2D eigenvalue weighted by molar-refractivity contribution is 5.86. The number of anilines is 1. The zero-order valence-electron chi connectivity index (χ0n) is 12.9. The van der Waals surface area contributed by atoms with Gasteiger partial charge in [0.05, 0.1) is 5.92 Å². The first-order valence-electron chi connectivity index (χ1n) is 7.62. The summed E-state index contributed by atoms with van der Waals surface area (Å²) in [5, 5.41) is 6.58. The molecule has 110 valence electrons. The lowest BCUT2D eigenvalue weighted by Crippen LogP contribution is -2.38. The normalized spacial score (nSPS) is 22.9. The number of para-hydroxylation sites is 1. The molecule has 1 aliphatic rings. The predicted molar refractivity (Wildman–Crippen MR) is 83.9 cm³/mol. The first-order valence-corrected chi connectivity index (χ1v) is 7.62. The first-order chi connectivity index (χ1) is 9.49. The third-order valence-corrected chi connectivity index (χ3v) is 4.38. The number of fused-ring (bicyclic) bond motifs is 1. The van der Waals surface area contributed by atoms with Gasteiger partial charge in [-0.25, -0.2) is 0 Å². The minimum atomic E-state index is -0.0261. The number of nitrogens with one attached hydrogen (secondary N) is 2. The molecule has 0 bridgehead atoms. The van der Waals surface area contributed by atoms with Gasteiger partial charge in [-0.1, -0.05) is 39.0 Å². The van der Waals surface area contributed by atoms with Crippen LogP contribution < -0.4 is 10.6 Å². The van der Waals surface area contributed by atoms with Crippen LogP contribution in [0.5, 0.6) is 0 Å². The van der Waals surface area contributed by atoms with Crippen LogP contribution in [0.2, 0.25) is 0 Å². The maximum Gasteiger partial charge on any atom is 0.227 e.